The molecular formula is C15H14N2O2. The van der Waals surface area contributed by atoms with E-state index in [0.29, 0.717) is 13.1 Å². The van der Waals surface area contributed by atoms with Crippen LogP contribution >= 0.6 is 0 Å². The highest BCUT2D eigenvalue weighted by Gasteiger charge is 2.24. The van der Waals surface area contributed by atoms with Gasteiger partial charge in [0.2, 0.25) is 0 Å². The molecule has 0 unspecified atom stereocenters. The predicted octanol–water partition coefficient (Wildman–Crippen LogP) is 1.99. The van der Waals surface area contributed by atoms with Gasteiger partial charge in [0.25, 0.3) is 5.91 Å². The lowest BCUT2D eigenvalue weighted by Crippen LogP contribution is -2.36. The van der Waals surface area contributed by atoms with Crippen LogP contribution < -0.4 is 0 Å². The lowest BCUT2D eigenvalue weighted by Gasteiger charge is -2.28. The first kappa shape index (κ1) is 11.7. The van der Waals surface area contributed by atoms with Crippen molar-refractivity contribution < 1.29 is 9.90 Å². The predicted molar refractivity (Wildman–Crippen MR) is 70.8 cm³/mol. The van der Waals surface area contributed by atoms with Crippen LogP contribution in [0.5, 0.6) is 5.75 Å². The van der Waals surface area contributed by atoms with Crippen LogP contribution in [-0.4, -0.2) is 27.4 Å². The summed E-state index contributed by atoms with van der Waals surface area (Å²) in [5.41, 5.74) is 2.58. The molecule has 0 bridgehead atoms. The topological polar surface area (TPSA) is 53.4 Å². The van der Waals surface area contributed by atoms with Crippen LogP contribution in [0.2, 0.25) is 0 Å². The maximum atomic E-state index is 12.3. The van der Waals surface area contributed by atoms with E-state index >= 15 is 0 Å². The van der Waals surface area contributed by atoms with Crippen LogP contribution in [0.1, 0.15) is 21.6 Å². The van der Waals surface area contributed by atoms with Crippen molar-refractivity contribution in [1.82, 2.24) is 9.88 Å². The molecule has 1 aliphatic heterocycles. The number of amides is 1. The highest BCUT2D eigenvalue weighted by atomic mass is 16.3. The molecule has 4 nitrogen and oxygen atoms in total. The van der Waals surface area contributed by atoms with Crippen molar-refractivity contribution in [2.75, 3.05) is 6.54 Å². The van der Waals surface area contributed by atoms with Crippen molar-refractivity contribution in [3.05, 3.63) is 59.4 Å². The molecule has 0 fully saturated rings. The molecule has 0 aliphatic carbocycles. The van der Waals surface area contributed by atoms with Gasteiger partial charge in [-0.3, -0.25) is 4.79 Å². The van der Waals surface area contributed by atoms with Crippen LogP contribution in [0.4, 0.5) is 0 Å². The average Bonchev–Trinajstić information content (AvgIpc) is 2.46. The molecule has 0 atom stereocenters. The van der Waals surface area contributed by atoms with Crippen molar-refractivity contribution in [1.29, 1.82) is 0 Å². The number of hydrogen-bond acceptors (Lipinski definition) is 3. The lowest BCUT2D eigenvalue weighted by atomic mass is 10.00. The number of hydrogen-bond donors (Lipinski definition) is 1. The summed E-state index contributed by atoms with van der Waals surface area (Å²) in [6.45, 7) is 1.23. The van der Waals surface area contributed by atoms with Gasteiger partial charge in [0.15, 0.2) is 5.69 Å². The van der Waals surface area contributed by atoms with E-state index in [1.165, 1.54) is 17.8 Å². The summed E-state index contributed by atoms with van der Waals surface area (Å²) in [6.07, 6.45) is 2.36. The molecule has 1 aromatic heterocycles. The number of benzene rings is 1. The molecule has 0 saturated carbocycles. The summed E-state index contributed by atoms with van der Waals surface area (Å²) in [4.78, 5) is 18.0. The number of aromatic nitrogens is 1. The summed E-state index contributed by atoms with van der Waals surface area (Å²) in [7, 11) is 0. The molecule has 19 heavy (non-hydrogen) atoms. The van der Waals surface area contributed by atoms with E-state index in [1.54, 1.807) is 11.0 Å². The minimum atomic E-state index is -0.215. The number of rotatable bonds is 1. The molecule has 1 amide bonds. The Labute approximate surface area is 111 Å². The van der Waals surface area contributed by atoms with Gasteiger partial charge in [0.05, 0.1) is 0 Å². The highest BCUT2D eigenvalue weighted by Crippen LogP contribution is 2.22. The van der Waals surface area contributed by atoms with Crippen LogP contribution in [-0.2, 0) is 13.0 Å². The Morgan fingerprint density at radius 1 is 1.16 bits per heavy atom. The molecule has 3 rings (SSSR count). The average molecular weight is 254 g/mol. The third kappa shape index (κ3) is 2.17. The fourth-order valence-corrected chi connectivity index (χ4v) is 2.38. The summed E-state index contributed by atoms with van der Waals surface area (Å²) < 4.78 is 0. The van der Waals surface area contributed by atoms with Gasteiger partial charge in [-0.1, -0.05) is 24.3 Å². The monoisotopic (exact) mass is 254 g/mol. The molecule has 2 aromatic rings. The normalized spacial score (nSPS) is 14.0. The van der Waals surface area contributed by atoms with Gasteiger partial charge in [-0.05, 0) is 29.7 Å². The highest BCUT2D eigenvalue weighted by molar-refractivity contribution is 5.94. The molecule has 1 N–H and O–H groups in total. The molecular weight excluding hydrogens is 240 g/mol. The molecule has 1 aliphatic rings. The van der Waals surface area contributed by atoms with E-state index in [9.17, 15) is 9.90 Å². The number of pyridine rings is 1. The zero-order valence-electron chi connectivity index (χ0n) is 10.4. The Kier molecular flexibility index (Phi) is 2.91. The Balaban J connectivity index is 1.86. The SMILES string of the molecule is O=C(c1ncccc1O)N1CCc2ccccc2C1. The Morgan fingerprint density at radius 2 is 1.95 bits per heavy atom. The lowest BCUT2D eigenvalue weighted by molar-refractivity contribution is 0.0725. The quantitative estimate of drug-likeness (QED) is 0.846. The van der Waals surface area contributed by atoms with Crippen LogP contribution in [0.3, 0.4) is 0 Å². The summed E-state index contributed by atoms with van der Waals surface area (Å²) in [5.74, 6) is -0.279. The van der Waals surface area contributed by atoms with Crippen molar-refractivity contribution in [3.63, 3.8) is 0 Å². The fraction of sp³-hybridized carbons (Fsp3) is 0.200. The number of nitrogens with zero attached hydrogens (tertiary/aromatic N) is 2. The first-order valence-electron chi connectivity index (χ1n) is 6.26. The molecule has 1 aromatic carbocycles. The third-order valence-corrected chi connectivity index (χ3v) is 3.41. The van der Waals surface area contributed by atoms with Crippen LogP contribution in [0, 0.1) is 0 Å². The standard InChI is InChI=1S/C15H14N2O2/c18-13-6-3-8-16-14(13)15(19)17-9-7-11-4-1-2-5-12(11)10-17/h1-6,8,18H,7,9-10H2. The fourth-order valence-electron chi connectivity index (χ4n) is 2.38. The molecule has 4 heteroatoms. The molecule has 0 spiro atoms. The van der Waals surface area contributed by atoms with Crippen molar-refractivity contribution in [3.8, 4) is 5.75 Å². The maximum absolute atomic E-state index is 12.3. The van der Waals surface area contributed by atoms with E-state index in [4.69, 9.17) is 0 Å². The smallest absolute Gasteiger partial charge is 0.276 e. The Hall–Kier alpha value is -2.36. The van der Waals surface area contributed by atoms with Gasteiger partial charge in [0.1, 0.15) is 5.75 Å². The molecule has 2 heterocycles. The van der Waals surface area contributed by atoms with Gasteiger partial charge in [-0.2, -0.15) is 0 Å². The van der Waals surface area contributed by atoms with Gasteiger partial charge in [-0.25, -0.2) is 4.98 Å². The minimum absolute atomic E-state index is 0.0636. The molecule has 0 saturated heterocycles. The summed E-state index contributed by atoms with van der Waals surface area (Å²) >= 11 is 0. The Bertz CT molecular complexity index is 625. The van der Waals surface area contributed by atoms with Crippen LogP contribution in [0.25, 0.3) is 0 Å². The number of fused-ring (bicyclic) bond motifs is 1. The maximum Gasteiger partial charge on any atom is 0.276 e. The van der Waals surface area contributed by atoms with Crippen molar-refractivity contribution >= 4 is 5.91 Å². The summed E-state index contributed by atoms with van der Waals surface area (Å²) in [5, 5.41) is 9.70. The van der Waals surface area contributed by atoms with E-state index in [2.05, 4.69) is 11.1 Å². The van der Waals surface area contributed by atoms with Crippen LogP contribution in [0.15, 0.2) is 42.6 Å². The van der Waals surface area contributed by atoms with Gasteiger partial charge >= 0.3 is 0 Å². The van der Waals surface area contributed by atoms with Gasteiger partial charge < -0.3 is 10.0 Å². The first-order valence-corrected chi connectivity index (χ1v) is 6.26. The largest absolute Gasteiger partial charge is 0.505 e. The zero-order chi connectivity index (χ0) is 13.2. The Morgan fingerprint density at radius 3 is 2.74 bits per heavy atom. The molecule has 0 radical (unpaired) electrons. The summed E-state index contributed by atoms with van der Waals surface area (Å²) in [6, 6.07) is 11.2. The van der Waals surface area contributed by atoms with Crippen molar-refractivity contribution in [2.24, 2.45) is 0 Å². The second-order valence-corrected chi connectivity index (χ2v) is 4.62. The zero-order valence-corrected chi connectivity index (χ0v) is 10.4. The number of aromatic hydroxyl groups is 1. The van der Waals surface area contributed by atoms with E-state index in [0.717, 1.165) is 12.0 Å². The van der Waals surface area contributed by atoms with E-state index in [1.807, 2.05) is 18.2 Å². The van der Waals surface area contributed by atoms with Crippen molar-refractivity contribution in [2.45, 2.75) is 13.0 Å². The first-order chi connectivity index (χ1) is 9.25. The third-order valence-electron chi connectivity index (χ3n) is 3.41. The van der Waals surface area contributed by atoms with Gasteiger partial charge in [-0.15, -0.1) is 0 Å². The number of carbonyl (C=O) groups is 1. The second kappa shape index (κ2) is 4.72. The molecule has 96 valence electrons. The van der Waals surface area contributed by atoms with E-state index < -0.39 is 0 Å². The van der Waals surface area contributed by atoms with E-state index in [-0.39, 0.29) is 17.4 Å². The minimum Gasteiger partial charge on any atom is -0.505 e. The number of carbonyl (C=O) groups excluding carboxylic acids is 1. The van der Waals surface area contributed by atoms with Gasteiger partial charge in [0, 0.05) is 19.3 Å². The second-order valence-electron chi connectivity index (χ2n) is 4.62.